The van der Waals surface area contributed by atoms with Crippen LogP contribution in [0.5, 0.6) is 0 Å². The molecule has 0 nitrogen and oxygen atoms in total. The van der Waals surface area contributed by atoms with Crippen LogP contribution in [-0.4, -0.2) is 19.5 Å². The van der Waals surface area contributed by atoms with E-state index in [4.69, 9.17) is 0 Å². The number of rotatable bonds is 7. The molecule has 2 heteroatoms. The average Bonchev–Trinajstić information content (AvgIpc) is 2.25. The molecule has 0 atom stereocenters. The van der Waals surface area contributed by atoms with Gasteiger partial charge >= 0.3 is 0 Å². The highest BCUT2D eigenvalue weighted by Gasteiger charge is 2.24. The highest BCUT2D eigenvalue weighted by molar-refractivity contribution is 7.73. The largest absolute Gasteiger partial charge is 1.00 e. The molecule has 0 aliphatic heterocycles. The van der Waals surface area contributed by atoms with Gasteiger partial charge in [0.15, 0.2) is 0 Å². The summed E-state index contributed by atoms with van der Waals surface area (Å²) in [6.07, 6.45) is 8.39. The molecule has 0 N–H and O–H groups in total. The molecule has 1 aromatic carbocycles. The van der Waals surface area contributed by atoms with E-state index < -0.39 is 7.26 Å². The fourth-order valence-corrected chi connectivity index (χ4v) is 4.56. The van der Waals surface area contributed by atoms with E-state index >= 15 is 0 Å². The second kappa shape index (κ2) is 9.11. The number of halogens is 1. The average molecular weight is 317 g/mol. The molecule has 1 aromatic rings. The normalized spacial score (nSPS) is 11.0. The lowest BCUT2D eigenvalue weighted by atomic mass is 10.2. The molecule has 17 heavy (non-hydrogen) atoms. The SMILES string of the molecule is CCCCCC[P+](C)(C)Cc1ccccc1.[Br-]. The standard InChI is InChI=1S/C15H26P.BrH/c1-4-5-6-10-13-16(2,3)14-15-11-8-7-9-12-15;/h7-9,11-12H,4-6,10,13-14H2,1-3H3;1H/q+1;/p-1. The van der Waals surface area contributed by atoms with Crippen LogP contribution in [-0.2, 0) is 6.16 Å². The van der Waals surface area contributed by atoms with Gasteiger partial charge in [0.25, 0.3) is 0 Å². The van der Waals surface area contributed by atoms with Gasteiger partial charge in [-0.15, -0.1) is 0 Å². The maximum absolute atomic E-state index is 2.51. The molecular weight excluding hydrogens is 291 g/mol. The Bertz CT molecular complexity index is 282. The molecule has 0 spiro atoms. The maximum atomic E-state index is 2.51. The summed E-state index contributed by atoms with van der Waals surface area (Å²) in [5, 5.41) is 0. The van der Waals surface area contributed by atoms with E-state index in [-0.39, 0.29) is 17.0 Å². The van der Waals surface area contributed by atoms with Crippen LogP contribution in [0.3, 0.4) is 0 Å². The molecule has 0 bridgehead atoms. The van der Waals surface area contributed by atoms with Crippen molar-refractivity contribution in [3.63, 3.8) is 0 Å². The lowest BCUT2D eigenvalue weighted by Crippen LogP contribution is -3.00. The van der Waals surface area contributed by atoms with Gasteiger partial charge in [0.2, 0.25) is 0 Å². The third-order valence-electron chi connectivity index (χ3n) is 3.07. The van der Waals surface area contributed by atoms with Crippen LogP contribution in [0.25, 0.3) is 0 Å². The monoisotopic (exact) mass is 316 g/mol. The third-order valence-corrected chi connectivity index (χ3v) is 5.82. The summed E-state index contributed by atoms with van der Waals surface area (Å²) < 4.78 is 0. The van der Waals surface area contributed by atoms with Crippen LogP contribution < -0.4 is 17.0 Å². The minimum atomic E-state index is -0.705. The van der Waals surface area contributed by atoms with E-state index in [0.29, 0.717) is 0 Å². The first-order valence-electron chi connectivity index (χ1n) is 6.50. The zero-order valence-corrected chi connectivity index (χ0v) is 13.9. The predicted octanol–water partition coefficient (Wildman–Crippen LogP) is 2.05. The van der Waals surface area contributed by atoms with Crippen molar-refractivity contribution in [2.75, 3.05) is 19.5 Å². The van der Waals surface area contributed by atoms with Gasteiger partial charge in [-0.3, -0.25) is 0 Å². The molecule has 0 aliphatic rings. The Hall–Kier alpha value is 0.130. The van der Waals surface area contributed by atoms with Crippen molar-refractivity contribution in [3.05, 3.63) is 35.9 Å². The molecular formula is C15H26BrP. The Morgan fingerprint density at radius 3 is 2.18 bits per heavy atom. The Morgan fingerprint density at radius 1 is 0.941 bits per heavy atom. The first kappa shape index (κ1) is 17.1. The Balaban J connectivity index is 0.00000256. The summed E-state index contributed by atoms with van der Waals surface area (Å²) in [6, 6.07) is 11.0. The summed E-state index contributed by atoms with van der Waals surface area (Å²) in [7, 11) is -0.705. The van der Waals surface area contributed by atoms with E-state index in [1.807, 2.05) is 0 Å². The van der Waals surface area contributed by atoms with Crippen molar-refractivity contribution in [2.24, 2.45) is 0 Å². The summed E-state index contributed by atoms with van der Waals surface area (Å²) in [4.78, 5) is 0. The molecule has 0 aromatic heterocycles. The van der Waals surface area contributed by atoms with Gasteiger partial charge in [0, 0.05) is 20.6 Å². The van der Waals surface area contributed by atoms with Gasteiger partial charge < -0.3 is 17.0 Å². The lowest BCUT2D eigenvalue weighted by Gasteiger charge is -2.18. The maximum Gasteiger partial charge on any atom is 0.0837 e. The van der Waals surface area contributed by atoms with E-state index in [0.717, 1.165) is 0 Å². The topological polar surface area (TPSA) is 0 Å². The van der Waals surface area contributed by atoms with Gasteiger partial charge in [-0.25, -0.2) is 0 Å². The molecule has 0 saturated heterocycles. The number of hydrogen-bond donors (Lipinski definition) is 0. The minimum absolute atomic E-state index is 0. The van der Waals surface area contributed by atoms with E-state index in [1.165, 1.54) is 43.6 Å². The second-order valence-corrected chi connectivity index (χ2v) is 10.00. The van der Waals surface area contributed by atoms with Crippen molar-refractivity contribution in [1.82, 2.24) is 0 Å². The van der Waals surface area contributed by atoms with Crippen molar-refractivity contribution in [1.29, 1.82) is 0 Å². The molecule has 0 unspecified atom stereocenters. The van der Waals surface area contributed by atoms with Crippen LogP contribution in [0, 0.1) is 0 Å². The number of benzene rings is 1. The van der Waals surface area contributed by atoms with E-state index in [9.17, 15) is 0 Å². The fraction of sp³-hybridized carbons (Fsp3) is 0.600. The highest BCUT2D eigenvalue weighted by Crippen LogP contribution is 2.54. The first-order valence-corrected chi connectivity index (χ1v) is 9.55. The second-order valence-electron chi connectivity index (χ2n) is 5.36. The highest BCUT2D eigenvalue weighted by atomic mass is 79.9. The molecule has 0 saturated carbocycles. The van der Waals surface area contributed by atoms with Gasteiger partial charge in [-0.05, 0) is 18.4 Å². The van der Waals surface area contributed by atoms with E-state index in [1.54, 1.807) is 0 Å². The third kappa shape index (κ3) is 7.95. The molecule has 0 heterocycles. The van der Waals surface area contributed by atoms with Crippen LogP contribution in [0.1, 0.15) is 38.2 Å². The van der Waals surface area contributed by atoms with Gasteiger partial charge in [-0.2, -0.15) is 0 Å². The van der Waals surface area contributed by atoms with Crippen molar-refractivity contribution < 1.29 is 17.0 Å². The van der Waals surface area contributed by atoms with Gasteiger partial charge in [0.05, 0.1) is 12.3 Å². The molecule has 98 valence electrons. The van der Waals surface area contributed by atoms with Crippen molar-refractivity contribution >= 4 is 7.26 Å². The zero-order chi connectivity index (χ0) is 11.9. The van der Waals surface area contributed by atoms with Crippen LogP contribution in [0.2, 0.25) is 0 Å². The predicted molar refractivity (Wildman–Crippen MR) is 77.9 cm³/mol. The fourth-order valence-electron chi connectivity index (χ4n) is 2.12. The summed E-state index contributed by atoms with van der Waals surface area (Å²) in [5.41, 5.74) is 1.52. The lowest BCUT2D eigenvalue weighted by molar-refractivity contribution is -0.00000370. The van der Waals surface area contributed by atoms with Crippen LogP contribution >= 0.6 is 7.26 Å². The Morgan fingerprint density at radius 2 is 1.59 bits per heavy atom. The Kier molecular flexibility index (Phi) is 9.18. The summed E-state index contributed by atoms with van der Waals surface area (Å²) >= 11 is 0. The van der Waals surface area contributed by atoms with E-state index in [2.05, 4.69) is 50.6 Å². The van der Waals surface area contributed by atoms with Crippen molar-refractivity contribution in [3.8, 4) is 0 Å². The number of hydrogen-bond acceptors (Lipinski definition) is 0. The minimum Gasteiger partial charge on any atom is -1.00 e. The number of unbranched alkanes of at least 4 members (excludes halogenated alkanes) is 3. The van der Waals surface area contributed by atoms with Gasteiger partial charge in [0.1, 0.15) is 0 Å². The first-order chi connectivity index (χ1) is 7.64. The summed E-state index contributed by atoms with van der Waals surface area (Å²) in [6.45, 7) is 7.29. The van der Waals surface area contributed by atoms with Gasteiger partial charge in [-0.1, -0.05) is 50.1 Å². The molecule has 1 rings (SSSR count). The van der Waals surface area contributed by atoms with Crippen molar-refractivity contribution in [2.45, 2.75) is 38.8 Å². The smallest absolute Gasteiger partial charge is 0.0837 e. The molecule has 0 aliphatic carbocycles. The quantitative estimate of drug-likeness (QED) is 0.533. The van der Waals surface area contributed by atoms with Crippen LogP contribution in [0.15, 0.2) is 30.3 Å². The molecule has 0 fully saturated rings. The van der Waals surface area contributed by atoms with Crippen LogP contribution in [0.4, 0.5) is 0 Å². The molecule has 0 radical (unpaired) electrons. The Labute approximate surface area is 118 Å². The molecule has 0 amide bonds. The summed E-state index contributed by atoms with van der Waals surface area (Å²) in [5.74, 6) is 0. The zero-order valence-electron chi connectivity index (χ0n) is 11.5.